The fraction of sp³-hybridized carbons (Fsp3) is 0.857. The van der Waals surface area contributed by atoms with Crippen molar-refractivity contribution >= 4 is 11.8 Å². The second-order valence-electron chi connectivity index (χ2n) is 5.66. The molecule has 1 unspecified atom stereocenters. The first-order valence-corrected chi connectivity index (χ1v) is 7.35. The van der Waals surface area contributed by atoms with Crippen LogP contribution in [0.4, 0.5) is 0 Å². The van der Waals surface area contributed by atoms with Gasteiger partial charge in [-0.2, -0.15) is 0 Å². The van der Waals surface area contributed by atoms with Crippen molar-refractivity contribution in [3.05, 3.63) is 0 Å². The van der Waals surface area contributed by atoms with E-state index in [1.165, 1.54) is 25.7 Å². The molecule has 19 heavy (non-hydrogen) atoms. The standard InChI is InChI=1S/C14H24N2O3/c15-14(18)12-10-16(7-8-19-12)13(17)9-11-5-3-1-2-4-6-11/h11-12H,1-10H2,(H2,15,18). The summed E-state index contributed by atoms with van der Waals surface area (Å²) in [5.41, 5.74) is 5.23. The molecule has 0 aromatic carbocycles. The Morgan fingerprint density at radius 2 is 1.84 bits per heavy atom. The molecule has 2 aliphatic rings. The van der Waals surface area contributed by atoms with Crippen LogP contribution in [-0.2, 0) is 14.3 Å². The number of carbonyl (C=O) groups excluding carboxylic acids is 2. The Labute approximate surface area is 114 Å². The Bertz CT molecular complexity index is 325. The van der Waals surface area contributed by atoms with Crippen molar-refractivity contribution in [2.75, 3.05) is 19.7 Å². The molecule has 2 fully saturated rings. The summed E-state index contributed by atoms with van der Waals surface area (Å²) in [5, 5.41) is 0. The second-order valence-corrected chi connectivity index (χ2v) is 5.66. The minimum Gasteiger partial charge on any atom is -0.367 e. The van der Waals surface area contributed by atoms with E-state index in [0.717, 1.165) is 12.8 Å². The topological polar surface area (TPSA) is 72.6 Å². The lowest BCUT2D eigenvalue weighted by Crippen LogP contribution is -2.50. The zero-order chi connectivity index (χ0) is 13.7. The monoisotopic (exact) mass is 268 g/mol. The molecule has 2 amide bonds. The number of rotatable bonds is 3. The van der Waals surface area contributed by atoms with Gasteiger partial charge in [0.1, 0.15) is 0 Å². The van der Waals surface area contributed by atoms with E-state index in [1.54, 1.807) is 4.90 Å². The average molecular weight is 268 g/mol. The number of primary amides is 1. The fourth-order valence-electron chi connectivity index (χ4n) is 2.99. The minimum atomic E-state index is -0.633. The number of hydrogen-bond donors (Lipinski definition) is 1. The highest BCUT2D eigenvalue weighted by atomic mass is 16.5. The van der Waals surface area contributed by atoms with E-state index in [0.29, 0.717) is 32.0 Å². The van der Waals surface area contributed by atoms with Gasteiger partial charge in [0.15, 0.2) is 6.10 Å². The highest BCUT2D eigenvalue weighted by Crippen LogP contribution is 2.26. The molecule has 5 nitrogen and oxygen atoms in total. The van der Waals surface area contributed by atoms with Gasteiger partial charge in [0.05, 0.1) is 13.2 Å². The zero-order valence-corrected chi connectivity index (χ0v) is 11.5. The summed E-state index contributed by atoms with van der Waals surface area (Å²) in [6, 6.07) is 0. The molecule has 1 aliphatic heterocycles. The molecule has 1 saturated carbocycles. The Hall–Kier alpha value is -1.10. The van der Waals surface area contributed by atoms with Crippen LogP contribution in [0.1, 0.15) is 44.9 Å². The van der Waals surface area contributed by atoms with Gasteiger partial charge >= 0.3 is 0 Å². The maximum absolute atomic E-state index is 12.3. The number of morpholine rings is 1. The van der Waals surface area contributed by atoms with Gasteiger partial charge in [0.2, 0.25) is 11.8 Å². The number of amides is 2. The van der Waals surface area contributed by atoms with Gasteiger partial charge in [-0.1, -0.05) is 25.7 Å². The molecule has 1 heterocycles. The quantitative estimate of drug-likeness (QED) is 0.778. The van der Waals surface area contributed by atoms with Gasteiger partial charge in [0, 0.05) is 13.0 Å². The highest BCUT2D eigenvalue weighted by Gasteiger charge is 2.28. The van der Waals surface area contributed by atoms with Crippen LogP contribution in [0, 0.1) is 5.92 Å². The van der Waals surface area contributed by atoms with Crippen LogP contribution in [0.3, 0.4) is 0 Å². The van der Waals surface area contributed by atoms with Crippen molar-refractivity contribution in [3.63, 3.8) is 0 Å². The zero-order valence-electron chi connectivity index (χ0n) is 11.5. The van der Waals surface area contributed by atoms with E-state index < -0.39 is 12.0 Å². The number of nitrogens with two attached hydrogens (primary N) is 1. The van der Waals surface area contributed by atoms with Crippen molar-refractivity contribution in [2.24, 2.45) is 11.7 Å². The molecule has 1 aliphatic carbocycles. The van der Waals surface area contributed by atoms with E-state index in [4.69, 9.17) is 10.5 Å². The van der Waals surface area contributed by atoms with Crippen LogP contribution >= 0.6 is 0 Å². The van der Waals surface area contributed by atoms with Crippen molar-refractivity contribution in [2.45, 2.75) is 51.0 Å². The lowest BCUT2D eigenvalue weighted by atomic mass is 9.96. The van der Waals surface area contributed by atoms with Crippen molar-refractivity contribution < 1.29 is 14.3 Å². The Morgan fingerprint density at radius 3 is 2.47 bits per heavy atom. The predicted octanol–water partition coefficient (Wildman–Crippen LogP) is 1.06. The third-order valence-electron chi connectivity index (χ3n) is 4.17. The van der Waals surface area contributed by atoms with Crippen molar-refractivity contribution in [3.8, 4) is 0 Å². The smallest absolute Gasteiger partial charge is 0.248 e. The van der Waals surface area contributed by atoms with E-state index in [9.17, 15) is 9.59 Å². The molecule has 1 saturated heterocycles. The molecular formula is C14H24N2O3. The predicted molar refractivity (Wildman–Crippen MR) is 71.3 cm³/mol. The van der Waals surface area contributed by atoms with Crippen LogP contribution in [0.15, 0.2) is 0 Å². The number of ether oxygens (including phenoxy) is 1. The third kappa shape index (κ3) is 4.20. The van der Waals surface area contributed by atoms with E-state index in [-0.39, 0.29) is 5.91 Å². The Balaban J connectivity index is 1.83. The van der Waals surface area contributed by atoms with Crippen LogP contribution in [0.2, 0.25) is 0 Å². The lowest BCUT2D eigenvalue weighted by Gasteiger charge is -2.32. The average Bonchev–Trinajstić information content (AvgIpc) is 2.67. The molecule has 2 N–H and O–H groups in total. The summed E-state index contributed by atoms with van der Waals surface area (Å²) >= 11 is 0. The molecule has 108 valence electrons. The molecule has 2 rings (SSSR count). The molecule has 1 atom stereocenters. The third-order valence-corrected chi connectivity index (χ3v) is 4.17. The first kappa shape index (κ1) is 14.3. The van der Waals surface area contributed by atoms with Crippen LogP contribution in [0.5, 0.6) is 0 Å². The first-order chi connectivity index (χ1) is 9.16. The van der Waals surface area contributed by atoms with Gasteiger partial charge in [0.25, 0.3) is 0 Å². The molecule has 0 spiro atoms. The summed E-state index contributed by atoms with van der Waals surface area (Å²) in [4.78, 5) is 25.1. The van der Waals surface area contributed by atoms with Gasteiger partial charge < -0.3 is 15.4 Å². The molecular weight excluding hydrogens is 244 g/mol. The highest BCUT2D eigenvalue weighted by molar-refractivity contribution is 5.81. The number of hydrogen-bond acceptors (Lipinski definition) is 3. The Morgan fingerprint density at radius 1 is 1.16 bits per heavy atom. The molecule has 0 aromatic rings. The number of nitrogens with zero attached hydrogens (tertiary/aromatic N) is 1. The van der Waals surface area contributed by atoms with Crippen LogP contribution < -0.4 is 5.73 Å². The fourth-order valence-corrected chi connectivity index (χ4v) is 2.99. The molecule has 0 aromatic heterocycles. The van der Waals surface area contributed by atoms with E-state index in [2.05, 4.69) is 0 Å². The maximum atomic E-state index is 12.3. The SMILES string of the molecule is NC(=O)C1CN(C(=O)CC2CCCCCC2)CCO1. The molecule has 0 bridgehead atoms. The van der Waals surface area contributed by atoms with Crippen molar-refractivity contribution in [1.29, 1.82) is 0 Å². The molecule has 0 radical (unpaired) electrons. The van der Waals surface area contributed by atoms with Gasteiger partial charge in [-0.15, -0.1) is 0 Å². The second kappa shape index (κ2) is 6.89. The van der Waals surface area contributed by atoms with Crippen molar-refractivity contribution in [1.82, 2.24) is 4.90 Å². The lowest BCUT2D eigenvalue weighted by molar-refractivity contribution is -0.146. The van der Waals surface area contributed by atoms with Crippen LogP contribution in [-0.4, -0.2) is 42.5 Å². The summed E-state index contributed by atoms with van der Waals surface area (Å²) in [6.45, 7) is 1.31. The summed E-state index contributed by atoms with van der Waals surface area (Å²) in [7, 11) is 0. The van der Waals surface area contributed by atoms with E-state index >= 15 is 0 Å². The number of carbonyl (C=O) groups is 2. The molecule has 5 heteroatoms. The Kier molecular flexibility index (Phi) is 5.19. The van der Waals surface area contributed by atoms with Crippen LogP contribution in [0.25, 0.3) is 0 Å². The minimum absolute atomic E-state index is 0.154. The maximum Gasteiger partial charge on any atom is 0.248 e. The first-order valence-electron chi connectivity index (χ1n) is 7.35. The largest absolute Gasteiger partial charge is 0.367 e. The van der Waals surface area contributed by atoms with Gasteiger partial charge in [-0.3, -0.25) is 9.59 Å². The van der Waals surface area contributed by atoms with Gasteiger partial charge in [-0.05, 0) is 18.8 Å². The summed E-state index contributed by atoms with van der Waals surface area (Å²) in [5.74, 6) is 0.193. The summed E-state index contributed by atoms with van der Waals surface area (Å²) < 4.78 is 5.26. The normalized spacial score (nSPS) is 25.9. The summed E-state index contributed by atoms with van der Waals surface area (Å²) in [6.07, 6.45) is 7.39. The van der Waals surface area contributed by atoms with E-state index in [1.807, 2.05) is 0 Å². The van der Waals surface area contributed by atoms with Gasteiger partial charge in [-0.25, -0.2) is 0 Å².